The molecule has 3 amide bonds. The molecule has 0 bridgehead atoms. The maximum absolute atomic E-state index is 14.3. The van der Waals surface area contributed by atoms with Crippen molar-refractivity contribution in [1.82, 2.24) is 5.32 Å². The van der Waals surface area contributed by atoms with Gasteiger partial charge in [-0.2, -0.15) is 13.2 Å². The van der Waals surface area contributed by atoms with Crippen LogP contribution in [-0.2, 0) is 15.8 Å². The number of halogens is 4. The third-order valence-corrected chi connectivity index (χ3v) is 6.70. The van der Waals surface area contributed by atoms with Gasteiger partial charge in [0, 0.05) is 27.4 Å². The van der Waals surface area contributed by atoms with Crippen molar-refractivity contribution >= 4 is 46.9 Å². The number of nitrogens with one attached hydrogen (secondary N) is 3. The van der Waals surface area contributed by atoms with E-state index in [0.717, 1.165) is 23.9 Å². The molecule has 0 heterocycles. The minimum absolute atomic E-state index is 0.0343. The molecule has 4 rings (SSSR count). The Morgan fingerprint density at radius 3 is 2.14 bits per heavy atom. The van der Waals surface area contributed by atoms with Gasteiger partial charge >= 0.3 is 6.18 Å². The lowest BCUT2D eigenvalue weighted by Gasteiger charge is -2.12. The van der Waals surface area contributed by atoms with E-state index in [1.165, 1.54) is 36.4 Å². The van der Waals surface area contributed by atoms with Crippen molar-refractivity contribution in [2.24, 2.45) is 0 Å². The molecule has 0 radical (unpaired) electrons. The Hall–Kier alpha value is -4.90. The van der Waals surface area contributed by atoms with Gasteiger partial charge in [-0.25, -0.2) is 4.39 Å². The number of carbonyl (C=O) groups excluding carboxylic acids is 3. The third-order valence-electron chi connectivity index (χ3n) is 5.69. The largest absolute Gasteiger partial charge is 0.416 e. The van der Waals surface area contributed by atoms with Crippen molar-refractivity contribution in [1.29, 1.82) is 0 Å². The van der Waals surface area contributed by atoms with Crippen LogP contribution in [0.1, 0.15) is 21.5 Å². The van der Waals surface area contributed by atoms with Gasteiger partial charge in [0.1, 0.15) is 11.5 Å². The quantitative estimate of drug-likeness (QED) is 0.111. The standard InChI is InChI=1S/C31H23F4N3O3S/c32-26-12-5-4-9-21(26)17-27(38-29(40)20-7-2-1-3-8-20)30(41)37-23-13-15-25(16-14-23)42-19-28(39)36-24-11-6-10-22(18-24)31(33,34)35/h1-18H,19H2,(H,36,39)(H,37,41)(H,38,40)/b27-17-. The zero-order valence-corrected chi connectivity index (χ0v) is 22.6. The zero-order valence-electron chi connectivity index (χ0n) is 21.7. The second-order valence-electron chi connectivity index (χ2n) is 8.79. The van der Waals surface area contributed by atoms with Crippen LogP contribution in [0.15, 0.2) is 114 Å². The molecule has 6 nitrogen and oxygen atoms in total. The number of amides is 3. The Kier molecular flexibility index (Phi) is 9.77. The molecule has 4 aromatic rings. The van der Waals surface area contributed by atoms with E-state index in [9.17, 15) is 31.9 Å². The highest BCUT2D eigenvalue weighted by Crippen LogP contribution is 2.31. The number of carbonyl (C=O) groups is 3. The number of hydrogen-bond acceptors (Lipinski definition) is 4. The van der Waals surface area contributed by atoms with Crippen LogP contribution < -0.4 is 16.0 Å². The molecule has 0 saturated carbocycles. The lowest BCUT2D eigenvalue weighted by molar-refractivity contribution is -0.137. The van der Waals surface area contributed by atoms with Crippen molar-refractivity contribution in [2.75, 3.05) is 16.4 Å². The number of benzene rings is 4. The minimum Gasteiger partial charge on any atom is -0.325 e. The van der Waals surface area contributed by atoms with Crippen LogP contribution >= 0.6 is 11.8 Å². The molecule has 0 atom stereocenters. The van der Waals surface area contributed by atoms with Crippen LogP contribution in [0.4, 0.5) is 28.9 Å². The predicted octanol–water partition coefficient (Wildman–Crippen LogP) is 6.98. The second kappa shape index (κ2) is 13.6. The van der Waals surface area contributed by atoms with E-state index >= 15 is 0 Å². The van der Waals surface area contributed by atoms with Crippen LogP contribution in [0, 0.1) is 5.82 Å². The van der Waals surface area contributed by atoms with Crippen molar-refractivity contribution in [2.45, 2.75) is 11.1 Å². The van der Waals surface area contributed by atoms with E-state index in [-0.39, 0.29) is 22.7 Å². The van der Waals surface area contributed by atoms with E-state index in [1.54, 1.807) is 60.7 Å². The van der Waals surface area contributed by atoms with Gasteiger partial charge in [-0.15, -0.1) is 11.8 Å². The smallest absolute Gasteiger partial charge is 0.325 e. The molecular formula is C31H23F4N3O3S. The maximum Gasteiger partial charge on any atom is 0.416 e. The van der Waals surface area contributed by atoms with E-state index < -0.39 is 35.3 Å². The number of anilines is 2. The van der Waals surface area contributed by atoms with Gasteiger partial charge in [0.25, 0.3) is 11.8 Å². The first-order valence-electron chi connectivity index (χ1n) is 12.4. The maximum atomic E-state index is 14.3. The van der Waals surface area contributed by atoms with Crippen LogP contribution in [-0.4, -0.2) is 23.5 Å². The van der Waals surface area contributed by atoms with Crippen molar-refractivity contribution in [3.8, 4) is 0 Å². The number of alkyl halides is 3. The van der Waals surface area contributed by atoms with Crippen LogP contribution in [0.25, 0.3) is 6.08 Å². The summed E-state index contributed by atoms with van der Waals surface area (Å²) in [4.78, 5) is 38.8. The summed E-state index contributed by atoms with van der Waals surface area (Å²) in [6, 6.07) is 24.8. The molecular weight excluding hydrogens is 570 g/mol. The predicted molar refractivity (Wildman–Crippen MR) is 154 cm³/mol. The van der Waals surface area contributed by atoms with E-state index in [1.807, 2.05) is 0 Å². The summed E-state index contributed by atoms with van der Waals surface area (Å²) in [5.74, 6) is -2.38. The topological polar surface area (TPSA) is 87.3 Å². The number of thioether (sulfide) groups is 1. The first-order chi connectivity index (χ1) is 20.1. The highest BCUT2D eigenvalue weighted by Gasteiger charge is 2.30. The van der Waals surface area contributed by atoms with Gasteiger partial charge in [0.2, 0.25) is 5.91 Å². The van der Waals surface area contributed by atoms with Crippen molar-refractivity contribution in [3.63, 3.8) is 0 Å². The first-order valence-corrected chi connectivity index (χ1v) is 13.4. The molecule has 0 aliphatic carbocycles. The summed E-state index contributed by atoms with van der Waals surface area (Å²) in [5.41, 5.74) is -0.233. The fraction of sp³-hybridized carbons (Fsp3) is 0.0645. The molecule has 214 valence electrons. The third kappa shape index (κ3) is 8.55. The lowest BCUT2D eigenvalue weighted by atomic mass is 10.1. The van der Waals surface area contributed by atoms with Gasteiger partial charge in [0.05, 0.1) is 11.3 Å². The molecule has 0 unspecified atom stereocenters. The molecule has 0 fully saturated rings. The van der Waals surface area contributed by atoms with Gasteiger partial charge in [-0.1, -0.05) is 42.5 Å². The Balaban J connectivity index is 1.39. The van der Waals surface area contributed by atoms with E-state index in [0.29, 0.717) is 16.1 Å². The molecule has 42 heavy (non-hydrogen) atoms. The number of rotatable bonds is 9. The Bertz CT molecular complexity index is 1610. The summed E-state index contributed by atoms with van der Waals surface area (Å²) in [6.45, 7) is 0. The van der Waals surface area contributed by atoms with Crippen LogP contribution in [0.3, 0.4) is 0 Å². The van der Waals surface area contributed by atoms with Gasteiger partial charge in [-0.05, 0) is 66.7 Å². The fourth-order valence-corrected chi connectivity index (χ4v) is 4.34. The van der Waals surface area contributed by atoms with E-state index in [4.69, 9.17) is 0 Å². The monoisotopic (exact) mass is 593 g/mol. The average molecular weight is 594 g/mol. The van der Waals surface area contributed by atoms with Crippen molar-refractivity contribution in [3.05, 3.63) is 131 Å². The molecule has 11 heteroatoms. The van der Waals surface area contributed by atoms with E-state index in [2.05, 4.69) is 16.0 Å². The summed E-state index contributed by atoms with van der Waals surface area (Å²) >= 11 is 1.14. The Morgan fingerprint density at radius 1 is 0.762 bits per heavy atom. The Morgan fingerprint density at radius 2 is 1.45 bits per heavy atom. The summed E-state index contributed by atoms with van der Waals surface area (Å²) < 4.78 is 53.0. The molecule has 0 aromatic heterocycles. The Labute approximate surface area is 242 Å². The van der Waals surface area contributed by atoms with Crippen LogP contribution in [0.2, 0.25) is 0 Å². The summed E-state index contributed by atoms with van der Waals surface area (Å²) in [6.07, 6.45) is -3.28. The molecule has 0 aliphatic heterocycles. The molecule has 0 aliphatic rings. The summed E-state index contributed by atoms with van der Waals surface area (Å²) in [5, 5.41) is 7.63. The van der Waals surface area contributed by atoms with Crippen LogP contribution in [0.5, 0.6) is 0 Å². The normalized spacial score (nSPS) is 11.5. The SMILES string of the molecule is O=C(CSc1ccc(NC(=O)/C(=C/c2ccccc2F)NC(=O)c2ccccc2)cc1)Nc1cccc(C(F)(F)F)c1. The van der Waals surface area contributed by atoms with Crippen molar-refractivity contribution < 1.29 is 31.9 Å². The first kappa shape index (κ1) is 30.1. The van der Waals surface area contributed by atoms with Gasteiger partial charge < -0.3 is 16.0 Å². The summed E-state index contributed by atoms with van der Waals surface area (Å²) in [7, 11) is 0. The number of hydrogen-bond donors (Lipinski definition) is 3. The zero-order chi connectivity index (χ0) is 30.1. The highest BCUT2D eigenvalue weighted by molar-refractivity contribution is 8.00. The molecule has 0 spiro atoms. The molecule has 0 saturated heterocycles. The average Bonchev–Trinajstić information content (AvgIpc) is 2.97. The minimum atomic E-state index is -4.52. The molecule has 3 N–H and O–H groups in total. The molecule has 4 aromatic carbocycles. The lowest BCUT2D eigenvalue weighted by Crippen LogP contribution is -2.30. The second-order valence-corrected chi connectivity index (χ2v) is 9.84. The van der Waals surface area contributed by atoms with Gasteiger partial charge in [-0.3, -0.25) is 14.4 Å². The van der Waals surface area contributed by atoms with Gasteiger partial charge in [0.15, 0.2) is 0 Å². The fourth-order valence-electron chi connectivity index (χ4n) is 3.64. The highest BCUT2D eigenvalue weighted by atomic mass is 32.2.